The van der Waals surface area contributed by atoms with Crippen LogP contribution in [0.25, 0.3) is 0 Å². The first kappa shape index (κ1) is 15.7. The van der Waals surface area contributed by atoms with Crippen LogP contribution in [-0.4, -0.2) is 34.9 Å². The van der Waals surface area contributed by atoms with Crippen molar-refractivity contribution in [2.75, 3.05) is 13.1 Å². The third kappa shape index (κ3) is 7.60. The van der Waals surface area contributed by atoms with Gasteiger partial charge < -0.3 is 15.8 Å². The number of hydrogen-bond donors (Lipinski definition) is 2. The summed E-state index contributed by atoms with van der Waals surface area (Å²) in [6.45, 7) is 7.46. The Morgan fingerprint density at radius 1 is 1.41 bits per heavy atom. The number of hydrogen-bond acceptors (Lipinski definition) is 3. The van der Waals surface area contributed by atoms with E-state index in [1.165, 1.54) is 0 Å². The summed E-state index contributed by atoms with van der Waals surface area (Å²) in [6, 6.07) is 0. The van der Waals surface area contributed by atoms with Crippen molar-refractivity contribution in [1.29, 1.82) is 0 Å². The van der Waals surface area contributed by atoms with Gasteiger partial charge in [-0.2, -0.15) is 0 Å². The minimum atomic E-state index is 0.159. The zero-order valence-corrected chi connectivity index (χ0v) is 11.1. The maximum atomic E-state index is 11.9. The number of amides is 1. The highest BCUT2D eigenvalue weighted by molar-refractivity contribution is 5.81. The van der Waals surface area contributed by atoms with Crippen molar-refractivity contribution in [2.24, 2.45) is 16.8 Å². The predicted molar refractivity (Wildman–Crippen MR) is 69.0 cm³/mol. The summed E-state index contributed by atoms with van der Waals surface area (Å²) in [7, 11) is 0. The molecule has 0 aliphatic rings. The lowest BCUT2D eigenvalue weighted by atomic mass is 10.1. The van der Waals surface area contributed by atoms with Gasteiger partial charge in [-0.05, 0) is 12.3 Å². The third-order valence-electron chi connectivity index (χ3n) is 2.45. The maximum Gasteiger partial charge on any atom is 0.222 e. The number of oxime groups is 1. The summed E-state index contributed by atoms with van der Waals surface area (Å²) in [4.78, 5) is 13.7. The van der Waals surface area contributed by atoms with Gasteiger partial charge >= 0.3 is 0 Å². The molecule has 17 heavy (non-hydrogen) atoms. The Kier molecular flexibility index (Phi) is 8.19. The number of nitrogens with zero attached hydrogens (tertiary/aromatic N) is 2. The van der Waals surface area contributed by atoms with Crippen LogP contribution in [0.2, 0.25) is 0 Å². The Bertz CT molecular complexity index is 252. The molecule has 0 aromatic rings. The van der Waals surface area contributed by atoms with E-state index in [9.17, 15) is 4.79 Å². The molecule has 0 unspecified atom stereocenters. The molecule has 0 aliphatic heterocycles. The number of amidine groups is 1. The minimum Gasteiger partial charge on any atom is -0.409 e. The van der Waals surface area contributed by atoms with Gasteiger partial charge in [-0.25, -0.2) is 0 Å². The monoisotopic (exact) mass is 243 g/mol. The second-order valence-electron chi connectivity index (χ2n) is 4.68. The summed E-state index contributed by atoms with van der Waals surface area (Å²) in [5.74, 6) is 0.751. The predicted octanol–water partition coefficient (Wildman–Crippen LogP) is 1.80. The van der Waals surface area contributed by atoms with Crippen molar-refractivity contribution in [3.05, 3.63) is 0 Å². The molecule has 5 nitrogen and oxygen atoms in total. The minimum absolute atomic E-state index is 0.159. The van der Waals surface area contributed by atoms with E-state index < -0.39 is 0 Å². The zero-order valence-electron chi connectivity index (χ0n) is 11.1. The van der Waals surface area contributed by atoms with Crippen LogP contribution in [0.5, 0.6) is 0 Å². The Morgan fingerprint density at radius 2 is 2.06 bits per heavy atom. The molecule has 0 rings (SSSR count). The lowest BCUT2D eigenvalue weighted by Crippen LogP contribution is -2.36. The molecule has 100 valence electrons. The molecule has 0 atom stereocenters. The Balaban J connectivity index is 4.26. The van der Waals surface area contributed by atoms with Crippen LogP contribution in [0, 0.1) is 5.92 Å². The average Bonchev–Trinajstić information content (AvgIpc) is 2.30. The zero-order chi connectivity index (χ0) is 13.3. The summed E-state index contributed by atoms with van der Waals surface area (Å²) < 4.78 is 0. The quantitative estimate of drug-likeness (QED) is 0.295. The average molecular weight is 243 g/mol. The molecule has 0 saturated carbocycles. The van der Waals surface area contributed by atoms with Crippen LogP contribution in [0.15, 0.2) is 5.16 Å². The second-order valence-corrected chi connectivity index (χ2v) is 4.68. The summed E-state index contributed by atoms with van der Waals surface area (Å²) in [5.41, 5.74) is 5.41. The molecule has 0 heterocycles. The van der Waals surface area contributed by atoms with Crippen molar-refractivity contribution in [2.45, 2.75) is 46.5 Å². The first-order valence-electron chi connectivity index (χ1n) is 6.25. The SMILES string of the molecule is CCCCC(=O)N(CCC(N)=NO)CC(C)C. The first-order chi connectivity index (χ1) is 8.01. The van der Waals surface area contributed by atoms with Gasteiger partial charge in [0.1, 0.15) is 5.84 Å². The Morgan fingerprint density at radius 3 is 2.53 bits per heavy atom. The van der Waals surface area contributed by atoms with Gasteiger partial charge in [-0.1, -0.05) is 32.3 Å². The van der Waals surface area contributed by atoms with E-state index in [4.69, 9.17) is 10.9 Å². The van der Waals surface area contributed by atoms with Crippen molar-refractivity contribution >= 4 is 11.7 Å². The lowest BCUT2D eigenvalue weighted by Gasteiger charge is -2.24. The van der Waals surface area contributed by atoms with Crippen LogP contribution >= 0.6 is 0 Å². The molecule has 0 aromatic heterocycles. The standard InChI is InChI=1S/C12H25N3O2/c1-4-5-6-12(16)15(9-10(2)3)8-7-11(13)14-17/h10,17H,4-9H2,1-3H3,(H2,13,14). The Labute approximate surface area is 104 Å². The van der Waals surface area contributed by atoms with Gasteiger partial charge in [-0.15, -0.1) is 0 Å². The molecule has 1 amide bonds. The highest BCUT2D eigenvalue weighted by Crippen LogP contribution is 2.05. The fourth-order valence-corrected chi connectivity index (χ4v) is 1.54. The molecule has 0 aliphatic carbocycles. The van der Waals surface area contributed by atoms with Gasteiger partial charge in [-0.3, -0.25) is 4.79 Å². The molecule has 3 N–H and O–H groups in total. The molecule has 0 spiro atoms. The topological polar surface area (TPSA) is 78.9 Å². The van der Waals surface area contributed by atoms with Crippen molar-refractivity contribution in [3.63, 3.8) is 0 Å². The van der Waals surface area contributed by atoms with E-state index in [1.54, 1.807) is 4.90 Å². The van der Waals surface area contributed by atoms with Crippen LogP contribution in [0.4, 0.5) is 0 Å². The van der Waals surface area contributed by atoms with Gasteiger partial charge in [0, 0.05) is 25.9 Å². The number of rotatable bonds is 8. The first-order valence-corrected chi connectivity index (χ1v) is 6.25. The number of carbonyl (C=O) groups is 1. The molecule has 5 heteroatoms. The smallest absolute Gasteiger partial charge is 0.222 e. The molecule has 0 bridgehead atoms. The van der Waals surface area contributed by atoms with E-state index >= 15 is 0 Å². The van der Waals surface area contributed by atoms with Crippen molar-refractivity contribution in [1.82, 2.24) is 4.90 Å². The van der Waals surface area contributed by atoms with E-state index in [2.05, 4.69) is 25.9 Å². The highest BCUT2D eigenvalue weighted by Gasteiger charge is 2.14. The summed E-state index contributed by atoms with van der Waals surface area (Å²) >= 11 is 0. The number of unbranched alkanes of at least 4 members (excludes halogenated alkanes) is 1. The molecule has 0 aromatic carbocycles. The molecular weight excluding hydrogens is 218 g/mol. The largest absolute Gasteiger partial charge is 0.409 e. The molecule has 0 radical (unpaired) electrons. The van der Waals surface area contributed by atoms with Gasteiger partial charge in [0.05, 0.1) is 0 Å². The van der Waals surface area contributed by atoms with E-state index in [0.717, 1.165) is 19.4 Å². The Hall–Kier alpha value is -1.26. The molecular formula is C12H25N3O2. The van der Waals surface area contributed by atoms with Gasteiger partial charge in [0.15, 0.2) is 0 Å². The van der Waals surface area contributed by atoms with Crippen LogP contribution < -0.4 is 5.73 Å². The highest BCUT2D eigenvalue weighted by atomic mass is 16.4. The lowest BCUT2D eigenvalue weighted by molar-refractivity contribution is -0.131. The maximum absolute atomic E-state index is 11.9. The fraction of sp³-hybridized carbons (Fsp3) is 0.833. The summed E-state index contributed by atoms with van der Waals surface area (Å²) in [6.07, 6.45) is 2.93. The van der Waals surface area contributed by atoms with Gasteiger partial charge in [0.2, 0.25) is 5.91 Å². The van der Waals surface area contributed by atoms with Crippen LogP contribution in [-0.2, 0) is 4.79 Å². The number of carbonyl (C=O) groups excluding carboxylic acids is 1. The van der Waals surface area contributed by atoms with E-state index in [0.29, 0.717) is 25.3 Å². The van der Waals surface area contributed by atoms with Crippen molar-refractivity contribution < 1.29 is 10.0 Å². The second kappa shape index (κ2) is 8.84. The number of nitrogens with two attached hydrogens (primary N) is 1. The van der Waals surface area contributed by atoms with Gasteiger partial charge in [0.25, 0.3) is 0 Å². The summed E-state index contributed by atoms with van der Waals surface area (Å²) in [5, 5.41) is 11.4. The van der Waals surface area contributed by atoms with Crippen LogP contribution in [0.1, 0.15) is 46.5 Å². The molecule has 0 fully saturated rings. The normalized spacial score (nSPS) is 11.9. The van der Waals surface area contributed by atoms with Crippen LogP contribution in [0.3, 0.4) is 0 Å². The molecule has 0 saturated heterocycles. The van der Waals surface area contributed by atoms with E-state index in [1.807, 2.05) is 0 Å². The fourth-order valence-electron chi connectivity index (χ4n) is 1.54. The van der Waals surface area contributed by atoms with Crippen molar-refractivity contribution in [3.8, 4) is 0 Å². The van der Waals surface area contributed by atoms with E-state index in [-0.39, 0.29) is 11.7 Å². The third-order valence-corrected chi connectivity index (χ3v) is 2.45.